The number of ether oxygens (including phenoxy) is 2. The van der Waals surface area contributed by atoms with E-state index < -0.39 is 0 Å². The van der Waals surface area contributed by atoms with Crippen molar-refractivity contribution >= 4 is 5.91 Å². The van der Waals surface area contributed by atoms with Gasteiger partial charge in [-0.05, 0) is 48.8 Å². The number of carbonyl (C=O) groups excluding carboxylic acids is 1. The van der Waals surface area contributed by atoms with Crippen LogP contribution in [0.4, 0.5) is 0 Å². The highest BCUT2D eigenvalue weighted by atomic mass is 16.5. The molecule has 2 aliphatic rings. The smallest absolute Gasteiger partial charge is 0.260 e. The maximum absolute atomic E-state index is 12.2. The van der Waals surface area contributed by atoms with Crippen molar-refractivity contribution in [2.45, 2.75) is 58.5 Å². The number of amides is 1. The minimum absolute atomic E-state index is 0.0562. The monoisotopic (exact) mass is 374 g/mol. The van der Waals surface area contributed by atoms with Crippen LogP contribution in [0.1, 0.15) is 51.5 Å². The van der Waals surface area contributed by atoms with Crippen molar-refractivity contribution in [3.05, 3.63) is 23.8 Å². The second-order valence-electron chi connectivity index (χ2n) is 8.12. The SMILES string of the molecule is COc1cc(CNC2CCCC(C)C2C)ccc1OCC(=O)N1CCCC1. The Kier molecular flexibility index (Phi) is 7.00. The van der Waals surface area contributed by atoms with Gasteiger partial charge >= 0.3 is 0 Å². The molecule has 5 nitrogen and oxygen atoms in total. The normalized spacial score (nSPS) is 25.4. The molecule has 1 aliphatic carbocycles. The summed E-state index contributed by atoms with van der Waals surface area (Å²) in [6, 6.07) is 6.57. The number of benzene rings is 1. The number of likely N-dealkylation sites (tertiary alicyclic amines) is 1. The van der Waals surface area contributed by atoms with E-state index in [0.29, 0.717) is 23.5 Å². The molecule has 1 aliphatic heterocycles. The first-order valence-electron chi connectivity index (χ1n) is 10.4. The molecule has 0 bridgehead atoms. The average molecular weight is 375 g/mol. The number of nitrogens with zero attached hydrogens (tertiary/aromatic N) is 1. The summed E-state index contributed by atoms with van der Waals surface area (Å²) in [4.78, 5) is 14.0. The second kappa shape index (κ2) is 9.45. The summed E-state index contributed by atoms with van der Waals surface area (Å²) in [5, 5.41) is 3.72. The third kappa shape index (κ3) is 5.16. The Morgan fingerprint density at radius 3 is 2.67 bits per heavy atom. The standard InChI is InChI=1S/C22H34N2O3/c1-16-7-6-8-19(17(16)2)23-14-18-9-10-20(21(13-18)26-3)27-15-22(25)24-11-4-5-12-24/h9-10,13,16-17,19,23H,4-8,11-12,14-15H2,1-3H3. The zero-order chi connectivity index (χ0) is 19.2. The highest BCUT2D eigenvalue weighted by molar-refractivity contribution is 5.78. The minimum Gasteiger partial charge on any atom is -0.493 e. The third-order valence-corrected chi connectivity index (χ3v) is 6.31. The second-order valence-corrected chi connectivity index (χ2v) is 8.12. The fourth-order valence-corrected chi connectivity index (χ4v) is 4.26. The molecule has 0 radical (unpaired) electrons. The number of hydrogen-bond acceptors (Lipinski definition) is 4. The van der Waals surface area contributed by atoms with E-state index in [1.165, 1.54) is 24.8 Å². The van der Waals surface area contributed by atoms with Crippen molar-refractivity contribution in [3.8, 4) is 11.5 Å². The Morgan fingerprint density at radius 1 is 1.15 bits per heavy atom. The molecule has 2 fully saturated rings. The lowest BCUT2D eigenvalue weighted by Gasteiger charge is -2.34. The molecule has 3 unspecified atom stereocenters. The van der Waals surface area contributed by atoms with Gasteiger partial charge in [0.2, 0.25) is 0 Å². The summed E-state index contributed by atoms with van der Waals surface area (Å²) >= 11 is 0. The molecule has 5 heteroatoms. The number of rotatable bonds is 7. The van der Waals surface area contributed by atoms with Gasteiger partial charge in [-0.15, -0.1) is 0 Å². The lowest BCUT2D eigenvalue weighted by Crippen LogP contribution is -2.40. The molecule has 1 N–H and O–H groups in total. The zero-order valence-corrected chi connectivity index (χ0v) is 17.0. The molecule has 0 spiro atoms. The van der Waals surface area contributed by atoms with Crippen LogP contribution in [-0.2, 0) is 11.3 Å². The molecule has 1 saturated heterocycles. The molecule has 1 amide bonds. The van der Waals surface area contributed by atoms with Gasteiger partial charge in [0, 0.05) is 25.7 Å². The maximum Gasteiger partial charge on any atom is 0.260 e. The third-order valence-electron chi connectivity index (χ3n) is 6.31. The summed E-state index contributed by atoms with van der Waals surface area (Å²) in [7, 11) is 1.65. The molecular formula is C22H34N2O3. The Balaban J connectivity index is 1.54. The number of hydrogen-bond donors (Lipinski definition) is 1. The molecule has 27 heavy (non-hydrogen) atoms. The van der Waals surface area contributed by atoms with E-state index in [1.807, 2.05) is 17.0 Å². The first kappa shape index (κ1) is 20.0. The first-order chi connectivity index (χ1) is 13.1. The molecule has 1 saturated carbocycles. The molecule has 3 atom stereocenters. The van der Waals surface area contributed by atoms with Crippen molar-refractivity contribution in [2.24, 2.45) is 11.8 Å². The van der Waals surface area contributed by atoms with Crippen molar-refractivity contribution < 1.29 is 14.3 Å². The van der Waals surface area contributed by atoms with Gasteiger partial charge < -0.3 is 19.7 Å². The summed E-state index contributed by atoms with van der Waals surface area (Å²) in [6.07, 6.45) is 6.09. The van der Waals surface area contributed by atoms with Gasteiger partial charge in [0.15, 0.2) is 18.1 Å². The van der Waals surface area contributed by atoms with E-state index in [1.54, 1.807) is 7.11 Å². The van der Waals surface area contributed by atoms with Gasteiger partial charge in [-0.25, -0.2) is 0 Å². The molecule has 150 valence electrons. The lowest BCUT2D eigenvalue weighted by molar-refractivity contribution is -0.132. The molecule has 1 heterocycles. The van der Waals surface area contributed by atoms with Crippen LogP contribution in [0.25, 0.3) is 0 Å². The predicted octanol–water partition coefficient (Wildman–Crippen LogP) is 3.61. The van der Waals surface area contributed by atoms with Gasteiger partial charge in [-0.1, -0.05) is 32.8 Å². The van der Waals surface area contributed by atoms with Crippen LogP contribution in [0.5, 0.6) is 11.5 Å². The van der Waals surface area contributed by atoms with E-state index >= 15 is 0 Å². The van der Waals surface area contributed by atoms with Crippen molar-refractivity contribution in [2.75, 3.05) is 26.8 Å². The van der Waals surface area contributed by atoms with Crippen LogP contribution in [0.3, 0.4) is 0 Å². The van der Waals surface area contributed by atoms with Crippen molar-refractivity contribution in [3.63, 3.8) is 0 Å². The number of nitrogens with one attached hydrogen (secondary N) is 1. The Bertz CT molecular complexity index is 628. The summed E-state index contributed by atoms with van der Waals surface area (Å²) in [5.74, 6) is 2.87. The van der Waals surface area contributed by atoms with Crippen LogP contribution in [-0.4, -0.2) is 43.7 Å². The number of methoxy groups -OCH3 is 1. The fourth-order valence-electron chi connectivity index (χ4n) is 4.26. The fraction of sp³-hybridized carbons (Fsp3) is 0.682. The van der Waals surface area contributed by atoms with Gasteiger partial charge in [0.05, 0.1) is 7.11 Å². The molecular weight excluding hydrogens is 340 g/mol. The lowest BCUT2D eigenvalue weighted by atomic mass is 9.78. The molecule has 1 aromatic rings. The highest BCUT2D eigenvalue weighted by Crippen LogP contribution is 2.31. The van der Waals surface area contributed by atoms with Crippen LogP contribution in [0.15, 0.2) is 18.2 Å². The minimum atomic E-state index is 0.0562. The van der Waals surface area contributed by atoms with Crippen molar-refractivity contribution in [1.82, 2.24) is 10.2 Å². The topological polar surface area (TPSA) is 50.8 Å². The quantitative estimate of drug-likeness (QED) is 0.792. The Hall–Kier alpha value is -1.75. The Morgan fingerprint density at radius 2 is 1.93 bits per heavy atom. The summed E-state index contributed by atoms with van der Waals surface area (Å²) in [5.41, 5.74) is 1.18. The van der Waals surface area contributed by atoms with Crippen LogP contribution in [0.2, 0.25) is 0 Å². The molecule has 1 aromatic carbocycles. The first-order valence-corrected chi connectivity index (χ1v) is 10.4. The van der Waals surface area contributed by atoms with Crippen LogP contribution >= 0.6 is 0 Å². The van der Waals surface area contributed by atoms with Crippen LogP contribution in [0, 0.1) is 11.8 Å². The van der Waals surface area contributed by atoms with E-state index in [-0.39, 0.29) is 12.5 Å². The van der Waals surface area contributed by atoms with E-state index in [2.05, 4.69) is 25.2 Å². The summed E-state index contributed by atoms with van der Waals surface area (Å²) < 4.78 is 11.2. The largest absolute Gasteiger partial charge is 0.493 e. The summed E-state index contributed by atoms with van der Waals surface area (Å²) in [6.45, 7) is 7.31. The predicted molar refractivity (Wildman–Crippen MR) is 107 cm³/mol. The van der Waals surface area contributed by atoms with Crippen LogP contribution < -0.4 is 14.8 Å². The molecule has 0 aromatic heterocycles. The van der Waals surface area contributed by atoms with Gasteiger partial charge in [-0.2, -0.15) is 0 Å². The van der Waals surface area contributed by atoms with E-state index in [9.17, 15) is 4.79 Å². The van der Waals surface area contributed by atoms with Gasteiger partial charge in [-0.3, -0.25) is 4.79 Å². The van der Waals surface area contributed by atoms with Gasteiger partial charge in [0.1, 0.15) is 0 Å². The Labute approximate surface area is 163 Å². The average Bonchev–Trinajstić information content (AvgIpc) is 3.22. The highest BCUT2D eigenvalue weighted by Gasteiger charge is 2.26. The van der Waals surface area contributed by atoms with E-state index in [0.717, 1.165) is 38.4 Å². The maximum atomic E-state index is 12.2. The number of carbonyl (C=O) groups is 1. The van der Waals surface area contributed by atoms with E-state index in [4.69, 9.17) is 9.47 Å². The van der Waals surface area contributed by atoms with Crippen molar-refractivity contribution in [1.29, 1.82) is 0 Å². The molecule has 3 rings (SSSR count). The zero-order valence-electron chi connectivity index (χ0n) is 17.0. The van der Waals surface area contributed by atoms with Gasteiger partial charge in [0.25, 0.3) is 5.91 Å².